The van der Waals surface area contributed by atoms with Gasteiger partial charge in [0.2, 0.25) is 4.90 Å². The minimum Gasteiger partial charge on any atom is -0.418 e. The number of rotatable bonds is 5. The normalized spacial score (nSPS) is 11.1. The molecule has 0 aliphatic heterocycles. The highest BCUT2D eigenvalue weighted by Gasteiger charge is 2.25. The third-order valence-corrected chi connectivity index (χ3v) is 2.94. The van der Waals surface area contributed by atoms with Gasteiger partial charge in [0.25, 0.3) is 0 Å². The van der Waals surface area contributed by atoms with Crippen molar-refractivity contribution in [3.63, 3.8) is 0 Å². The van der Waals surface area contributed by atoms with Crippen molar-refractivity contribution >= 4 is 18.7 Å². The monoisotopic (exact) mass is 286 g/mol. The van der Waals surface area contributed by atoms with Crippen LogP contribution in [0.15, 0.2) is 35.2 Å². The fourth-order valence-corrected chi connectivity index (χ4v) is 2.06. The summed E-state index contributed by atoms with van der Waals surface area (Å²) in [7, 11) is -6.00. The molecule has 0 aliphatic carbocycles. The molecule has 0 aliphatic rings. The van der Waals surface area contributed by atoms with E-state index in [9.17, 15) is 17.3 Å². The lowest BCUT2D eigenvalue weighted by Crippen LogP contribution is -2.11. The molecule has 0 spiro atoms. The summed E-state index contributed by atoms with van der Waals surface area (Å²) in [6.07, 6.45) is 0. The largest absolute Gasteiger partial charge is 0.673 e. The van der Waals surface area contributed by atoms with Crippen molar-refractivity contribution < 1.29 is 25.6 Å². The summed E-state index contributed by atoms with van der Waals surface area (Å²) in [4.78, 5) is 1.10. The zero-order valence-corrected chi connectivity index (χ0v) is 10.9. The lowest BCUT2D eigenvalue weighted by atomic mass is 10.3. The maximum Gasteiger partial charge on any atom is 0.673 e. The van der Waals surface area contributed by atoms with Gasteiger partial charge in [-0.2, -0.15) is 0 Å². The predicted octanol–water partition coefficient (Wildman–Crippen LogP) is 3.87. The summed E-state index contributed by atoms with van der Waals surface area (Å²) in [5, 5.41) is 0. The first-order valence-electron chi connectivity index (χ1n) is 5.31. The van der Waals surface area contributed by atoms with E-state index in [0.29, 0.717) is 13.2 Å². The highest BCUT2D eigenvalue weighted by molar-refractivity contribution is 7.87. The first-order valence-corrected chi connectivity index (χ1v) is 6.39. The van der Waals surface area contributed by atoms with Crippen LogP contribution >= 0.6 is 0 Å². The standard InChI is InChI=1S/C10H15O2S.BF4/c1-3-11-13(12-4-2)10-8-6-5-7-9-10;2-1(3,4)5/h5-9H,3-4H2,1-2H3;/q+1;-1. The van der Waals surface area contributed by atoms with Crippen molar-refractivity contribution in [1.82, 2.24) is 0 Å². The summed E-state index contributed by atoms with van der Waals surface area (Å²) in [6.45, 7) is 5.31. The molecule has 1 rings (SSSR count). The molecule has 0 heterocycles. The van der Waals surface area contributed by atoms with Gasteiger partial charge in [0.15, 0.2) is 0 Å². The Labute approximate surface area is 107 Å². The summed E-state index contributed by atoms with van der Waals surface area (Å²) in [5.74, 6) is 0. The van der Waals surface area contributed by atoms with Crippen molar-refractivity contribution in [1.29, 1.82) is 0 Å². The second-order valence-electron chi connectivity index (χ2n) is 2.86. The van der Waals surface area contributed by atoms with Gasteiger partial charge in [-0.25, -0.2) is 0 Å². The Morgan fingerprint density at radius 3 is 1.67 bits per heavy atom. The SMILES string of the molecule is CCO[S+](OCC)c1ccccc1.F[B-](F)(F)F. The molecule has 0 amide bonds. The van der Waals surface area contributed by atoms with Gasteiger partial charge in [-0.05, 0) is 13.8 Å². The van der Waals surface area contributed by atoms with Gasteiger partial charge >= 0.3 is 18.7 Å². The van der Waals surface area contributed by atoms with Crippen LogP contribution in [0.5, 0.6) is 0 Å². The van der Waals surface area contributed by atoms with Crippen LogP contribution in [0.1, 0.15) is 13.8 Å². The molecular weight excluding hydrogens is 271 g/mol. The van der Waals surface area contributed by atoms with Crippen LogP contribution in [0.2, 0.25) is 0 Å². The van der Waals surface area contributed by atoms with Crippen LogP contribution in [0.25, 0.3) is 0 Å². The van der Waals surface area contributed by atoms with Crippen LogP contribution < -0.4 is 0 Å². The Morgan fingerprint density at radius 2 is 1.33 bits per heavy atom. The summed E-state index contributed by atoms with van der Waals surface area (Å²) in [5.41, 5.74) is 0. The maximum absolute atomic E-state index is 9.75. The fourth-order valence-electron chi connectivity index (χ4n) is 0.916. The quantitative estimate of drug-likeness (QED) is 0.465. The molecule has 0 saturated heterocycles. The van der Waals surface area contributed by atoms with E-state index in [1.807, 2.05) is 44.2 Å². The fraction of sp³-hybridized carbons (Fsp3) is 0.400. The van der Waals surface area contributed by atoms with Crippen LogP contribution in [-0.2, 0) is 19.8 Å². The number of halogens is 4. The molecule has 1 aromatic rings. The van der Waals surface area contributed by atoms with Gasteiger partial charge in [0, 0.05) is 12.1 Å². The van der Waals surface area contributed by atoms with Crippen LogP contribution in [-0.4, -0.2) is 20.5 Å². The van der Waals surface area contributed by atoms with Crippen molar-refractivity contribution in [2.45, 2.75) is 18.7 Å². The van der Waals surface area contributed by atoms with E-state index in [0.717, 1.165) is 4.90 Å². The highest BCUT2D eigenvalue weighted by Crippen LogP contribution is 2.15. The number of benzene rings is 1. The van der Waals surface area contributed by atoms with Crippen molar-refractivity contribution in [3.8, 4) is 0 Å². The molecule has 0 bridgehead atoms. The molecule has 0 N–H and O–H groups in total. The molecule has 18 heavy (non-hydrogen) atoms. The molecular formula is C10H15BF4O2S. The molecule has 8 heteroatoms. The molecule has 2 nitrogen and oxygen atoms in total. The van der Waals surface area contributed by atoms with Gasteiger partial charge in [-0.1, -0.05) is 18.2 Å². The van der Waals surface area contributed by atoms with Gasteiger partial charge in [-0.3, -0.25) is 0 Å². The number of hydrogen-bond acceptors (Lipinski definition) is 2. The topological polar surface area (TPSA) is 18.5 Å². The molecule has 0 radical (unpaired) electrons. The van der Waals surface area contributed by atoms with Gasteiger partial charge < -0.3 is 17.3 Å². The van der Waals surface area contributed by atoms with E-state index in [1.165, 1.54) is 0 Å². The molecule has 0 saturated carbocycles. The molecule has 0 aromatic heterocycles. The molecule has 104 valence electrons. The minimum atomic E-state index is -6.00. The smallest absolute Gasteiger partial charge is 0.418 e. The zero-order chi connectivity index (χ0) is 14.0. The Bertz CT molecular complexity index is 298. The van der Waals surface area contributed by atoms with E-state index >= 15 is 0 Å². The lowest BCUT2D eigenvalue weighted by Gasteiger charge is -2.00. The zero-order valence-electron chi connectivity index (χ0n) is 10.1. The van der Waals surface area contributed by atoms with Gasteiger partial charge in [-0.15, -0.1) is 8.37 Å². The van der Waals surface area contributed by atoms with Crippen LogP contribution in [0.4, 0.5) is 17.3 Å². The van der Waals surface area contributed by atoms with Gasteiger partial charge in [0.1, 0.15) is 13.2 Å². The summed E-state index contributed by atoms with van der Waals surface area (Å²) < 4.78 is 49.9. The Kier molecular flexibility index (Phi) is 8.87. The molecule has 1 aromatic carbocycles. The molecule has 0 atom stereocenters. The van der Waals surface area contributed by atoms with Crippen molar-refractivity contribution in [3.05, 3.63) is 30.3 Å². The van der Waals surface area contributed by atoms with E-state index in [2.05, 4.69) is 0 Å². The average molecular weight is 286 g/mol. The van der Waals surface area contributed by atoms with Crippen LogP contribution in [0.3, 0.4) is 0 Å². The van der Waals surface area contributed by atoms with Crippen molar-refractivity contribution in [2.75, 3.05) is 13.2 Å². The van der Waals surface area contributed by atoms with E-state index < -0.39 is 18.7 Å². The van der Waals surface area contributed by atoms with Crippen LogP contribution in [0, 0.1) is 0 Å². The Morgan fingerprint density at radius 1 is 0.944 bits per heavy atom. The summed E-state index contributed by atoms with van der Waals surface area (Å²) in [6, 6.07) is 10.0. The lowest BCUT2D eigenvalue weighted by molar-refractivity contribution is 0.285. The first-order chi connectivity index (χ1) is 8.38. The second-order valence-corrected chi connectivity index (χ2v) is 4.27. The van der Waals surface area contributed by atoms with Crippen molar-refractivity contribution in [2.24, 2.45) is 0 Å². The number of hydrogen-bond donors (Lipinski definition) is 0. The highest BCUT2D eigenvalue weighted by atomic mass is 32.2. The second kappa shape index (κ2) is 9.24. The first kappa shape index (κ1) is 17.3. The maximum atomic E-state index is 9.75. The third kappa shape index (κ3) is 10.4. The van der Waals surface area contributed by atoms with Gasteiger partial charge in [0.05, 0.1) is 0 Å². The summed E-state index contributed by atoms with van der Waals surface area (Å²) >= 11 is -0.488. The van der Waals surface area contributed by atoms with E-state index in [1.54, 1.807) is 0 Å². The molecule has 0 unspecified atom stereocenters. The minimum absolute atomic E-state index is 0.488. The van der Waals surface area contributed by atoms with E-state index in [-0.39, 0.29) is 0 Å². The Hall–Kier alpha value is -0.725. The third-order valence-electron chi connectivity index (χ3n) is 1.39. The average Bonchev–Trinajstić information content (AvgIpc) is 2.28. The predicted molar refractivity (Wildman–Crippen MR) is 65.5 cm³/mol. The van der Waals surface area contributed by atoms with E-state index in [4.69, 9.17) is 8.37 Å². The molecule has 0 fully saturated rings. The Balaban J connectivity index is 0.000000494.